The third-order valence-corrected chi connectivity index (χ3v) is 4.47. The van der Waals surface area contributed by atoms with Gasteiger partial charge in [-0.2, -0.15) is 0 Å². The minimum Gasteiger partial charge on any atom is -0.296 e. The monoisotopic (exact) mass is 291 g/mol. The molecule has 1 aromatic rings. The van der Waals surface area contributed by atoms with E-state index in [9.17, 15) is 4.79 Å². The predicted molar refractivity (Wildman–Crippen MR) is 73.5 cm³/mol. The van der Waals surface area contributed by atoms with Crippen molar-refractivity contribution in [3.63, 3.8) is 0 Å². The summed E-state index contributed by atoms with van der Waals surface area (Å²) in [7, 11) is 0. The Labute approximate surface area is 116 Å². The molecule has 0 N–H and O–H groups in total. The smallest absolute Gasteiger partial charge is 0.179 e. The number of rotatable bonds is 6. The normalized spacial score (nSPS) is 15.5. The summed E-state index contributed by atoms with van der Waals surface area (Å²) in [6.45, 7) is 4.45. The first kappa shape index (κ1) is 13.3. The summed E-state index contributed by atoms with van der Waals surface area (Å²) in [6.07, 6.45) is 2.60. The van der Waals surface area contributed by atoms with Crippen molar-refractivity contribution in [3.8, 4) is 0 Å². The molecule has 0 atom stereocenters. The fourth-order valence-corrected chi connectivity index (χ4v) is 3.29. The molecule has 5 heteroatoms. The fraction of sp³-hybridized carbons (Fsp3) is 0.583. The van der Waals surface area contributed by atoms with E-state index in [4.69, 9.17) is 23.2 Å². The van der Waals surface area contributed by atoms with Crippen LogP contribution in [0.4, 0.5) is 0 Å². The number of carbonyl (C=O) groups is 1. The maximum Gasteiger partial charge on any atom is 0.179 e. The highest BCUT2D eigenvalue weighted by Crippen LogP contribution is 2.32. The van der Waals surface area contributed by atoms with Crippen LogP contribution in [0.15, 0.2) is 6.07 Å². The topological polar surface area (TPSA) is 20.3 Å². The molecule has 17 heavy (non-hydrogen) atoms. The molecule has 0 saturated heterocycles. The number of likely N-dealkylation sites (N-methyl/N-ethyl adjacent to an activating group) is 1. The van der Waals surface area contributed by atoms with Crippen LogP contribution >= 0.6 is 34.5 Å². The summed E-state index contributed by atoms with van der Waals surface area (Å²) in [5.41, 5.74) is 0.566. The maximum absolute atomic E-state index is 12.1. The van der Waals surface area contributed by atoms with E-state index in [1.54, 1.807) is 6.07 Å². The molecule has 0 bridgehead atoms. The molecule has 2 nitrogen and oxygen atoms in total. The highest BCUT2D eigenvalue weighted by Gasteiger charge is 2.25. The molecule has 0 unspecified atom stereocenters. The molecule has 0 radical (unpaired) electrons. The Kier molecular flexibility index (Phi) is 4.47. The highest BCUT2D eigenvalue weighted by atomic mass is 35.5. The van der Waals surface area contributed by atoms with Gasteiger partial charge in [0.25, 0.3) is 0 Å². The van der Waals surface area contributed by atoms with Crippen molar-refractivity contribution in [1.82, 2.24) is 4.90 Å². The number of Topliss-reactive ketones (excluding diaryl/α,β-unsaturated/α-hetero) is 1. The molecule has 1 heterocycles. The third kappa shape index (κ3) is 3.68. The van der Waals surface area contributed by atoms with Crippen molar-refractivity contribution in [2.45, 2.75) is 19.8 Å². The van der Waals surface area contributed by atoms with E-state index in [1.165, 1.54) is 24.2 Å². The molecule has 2 rings (SSSR count). The van der Waals surface area contributed by atoms with Gasteiger partial charge in [0.2, 0.25) is 0 Å². The first-order valence-corrected chi connectivity index (χ1v) is 7.37. The zero-order valence-electron chi connectivity index (χ0n) is 9.71. The first-order chi connectivity index (χ1) is 8.10. The van der Waals surface area contributed by atoms with Crippen LogP contribution in [0.3, 0.4) is 0 Å². The van der Waals surface area contributed by atoms with Crippen molar-refractivity contribution >= 4 is 40.3 Å². The molecule has 1 aliphatic rings. The van der Waals surface area contributed by atoms with Gasteiger partial charge in [-0.25, -0.2) is 0 Å². The SMILES string of the molecule is CCN(CC(=O)c1cc(Cl)sc1Cl)CC1CC1. The highest BCUT2D eigenvalue weighted by molar-refractivity contribution is 7.20. The molecule has 0 aromatic carbocycles. The van der Waals surface area contributed by atoms with Crippen molar-refractivity contribution in [2.24, 2.45) is 5.92 Å². The Morgan fingerprint density at radius 2 is 2.24 bits per heavy atom. The first-order valence-electron chi connectivity index (χ1n) is 5.80. The molecule has 1 fully saturated rings. The van der Waals surface area contributed by atoms with Gasteiger partial charge in [0.1, 0.15) is 4.34 Å². The quantitative estimate of drug-likeness (QED) is 0.739. The Morgan fingerprint density at radius 1 is 1.53 bits per heavy atom. The van der Waals surface area contributed by atoms with E-state index in [0.29, 0.717) is 20.8 Å². The summed E-state index contributed by atoms with van der Waals surface area (Å²) in [4.78, 5) is 14.3. The zero-order valence-corrected chi connectivity index (χ0v) is 12.0. The summed E-state index contributed by atoms with van der Waals surface area (Å²) in [6, 6.07) is 1.67. The van der Waals surface area contributed by atoms with Crippen LogP contribution in [-0.4, -0.2) is 30.3 Å². The van der Waals surface area contributed by atoms with Crippen LogP contribution in [0.5, 0.6) is 0 Å². The molecule has 0 aliphatic heterocycles. The van der Waals surface area contributed by atoms with E-state index in [2.05, 4.69) is 11.8 Å². The lowest BCUT2D eigenvalue weighted by molar-refractivity contribution is 0.0931. The van der Waals surface area contributed by atoms with Gasteiger partial charge in [0.15, 0.2) is 5.78 Å². The van der Waals surface area contributed by atoms with Crippen LogP contribution in [0.1, 0.15) is 30.1 Å². The van der Waals surface area contributed by atoms with Gasteiger partial charge in [-0.1, -0.05) is 30.1 Å². The van der Waals surface area contributed by atoms with Crippen LogP contribution in [0, 0.1) is 5.92 Å². The fourth-order valence-electron chi connectivity index (χ4n) is 1.79. The van der Waals surface area contributed by atoms with Gasteiger partial charge in [-0.15, -0.1) is 11.3 Å². The van der Waals surface area contributed by atoms with Crippen LogP contribution in [0.2, 0.25) is 8.67 Å². The van der Waals surface area contributed by atoms with Crippen LogP contribution in [-0.2, 0) is 0 Å². The van der Waals surface area contributed by atoms with Gasteiger partial charge in [-0.3, -0.25) is 9.69 Å². The molecular formula is C12H15Cl2NOS. The zero-order chi connectivity index (χ0) is 12.4. The molecule has 1 aromatic heterocycles. The summed E-state index contributed by atoms with van der Waals surface area (Å²) < 4.78 is 1.08. The maximum atomic E-state index is 12.1. The van der Waals surface area contributed by atoms with Crippen molar-refractivity contribution in [3.05, 3.63) is 20.3 Å². The average molecular weight is 292 g/mol. The lowest BCUT2D eigenvalue weighted by Crippen LogP contribution is -2.31. The molecule has 1 saturated carbocycles. The second-order valence-electron chi connectivity index (χ2n) is 4.43. The minimum atomic E-state index is 0.0700. The van der Waals surface area contributed by atoms with Crippen molar-refractivity contribution in [2.75, 3.05) is 19.6 Å². The van der Waals surface area contributed by atoms with E-state index in [0.717, 1.165) is 19.0 Å². The Bertz CT molecular complexity index is 415. The predicted octanol–water partition coefficient (Wildman–Crippen LogP) is 3.97. The van der Waals surface area contributed by atoms with Crippen molar-refractivity contribution in [1.29, 1.82) is 0 Å². The number of carbonyl (C=O) groups excluding carboxylic acids is 1. The Morgan fingerprint density at radius 3 is 2.71 bits per heavy atom. The minimum absolute atomic E-state index is 0.0700. The summed E-state index contributed by atoms with van der Waals surface area (Å²) in [5, 5.41) is 0. The van der Waals surface area contributed by atoms with E-state index in [-0.39, 0.29) is 5.78 Å². The number of thiophene rings is 1. The van der Waals surface area contributed by atoms with Crippen LogP contribution < -0.4 is 0 Å². The van der Waals surface area contributed by atoms with Gasteiger partial charge in [0, 0.05) is 6.54 Å². The Balaban J connectivity index is 1.96. The van der Waals surface area contributed by atoms with Gasteiger partial charge >= 0.3 is 0 Å². The van der Waals surface area contributed by atoms with E-state index in [1.807, 2.05) is 0 Å². The third-order valence-electron chi connectivity index (χ3n) is 2.98. The van der Waals surface area contributed by atoms with Crippen molar-refractivity contribution < 1.29 is 4.79 Å². The number of hydrogen-bond donors (Lipinski definition) is 0. The van der Waals surface area contributed by atoms with E-state index < -0.39 is 0 Å². The largest absolute Gasteiger partial charge is 0.296 e. The number of halogens is 2. The summed E-state index contributed by atoms with van der Waals surface area (Å²) in [5.74, 6) is 0.866. The molecule has 0 amide bonds. The average Bonchev–Trinajstić information content (AvgIpc) is 3.02. The standard InChI is InChI=1S/C12H15Cl2NOS/c1-2-15(6-8-3-4-8)7-10(16)9-5-11(13)17-12(9)14/h5,8H,2-4,6-7H2,1H3. The number of hydrogen-bond acceptors (Lipinski definition) is 3. The van der Waals surface area contributed by atoms with Gasteiger partial charge in [0.05, 0.1) is 16.4 Å². The molecule has 0 spiro atoms. The molecule has 1 aliphatic carbocycles. The second-order valence-corrected chi connectivity index (χ2v) is 6.72. The van der Waals surface area contributed by atoms with Crippen LogP contribution in [0.25, 0.3) is 0 Å². The van der Waals surface area contributed by atoms with Gasteiger partial charge in [-0.05, 0) is 31.4 Å². The summed E-state index contributed by atoms with van der Waals surface area (Å²) >= 11 is 13.1. The molecular weight excluding hydrogens is 277 g/mol. The second kappa shape index (κ2) is 5.70. The number of ketones is 1. The lowest BCUT2D eigenvalue weighted by Gasteiger charge is -2.18. The molecule has 94 valence electrons. The number of nitrogens with zero attached hydrogens (tertiary/aromatic N) is 1. The lowest BCUT2D eigenvalue weighted by atomic mass is 10.2. The van der Waals surface area contributed by atoms with Gasteiger partial charge < -0.3 is 0 Å². The Hall–Kier alpha value is -0.0900. The van der Waals surface area contributed by atoms with E-state index >= 15 is 0 Å².